The predicted molar refractivity (Wildman–Crippen MR) is 79.1 cm³/mol. The summed E-state index contributed by atoms with van der Waals surface area (Å²) in [6, 6.07) is 8.86. The molecule has 1 saturated carbocycles. The van der Waals surface area contributed by atoms with Crippen molar-refractivity contribution in [3.8, 4) is 18.1 Å². The number of terminal acetylenes is 1. The Labute approximate surface area is 116 Å². The van der Waals surface area contributed by atoms with Gasteiger partial charge in [0.2, 0.25) is 0 Å². The highest BCUT2D eigenvalue weighted by Gasteiger charge is 2.11. The van der Waals surface area contributed by atoms with E-state index < -0.39 is 0 Å². The molecule has 1 fully saturated rings. The Balaban J connectivity index is 1.83. The van der Waals surface area contributed by atoms with Gasteiger partial charge in [-0.3, -0.25) is 0 Å². The molecule has 1 aromatic rings. The van der Waals surface area contributed by atoms with Gasteiger partial charge in [0, 0.05) is 12.6 Å². The van der Waals surface area contributed by atoms with Gasteiger partial charge in [0.15, 0.2) is 0 Å². The summed E-state index contributed by atoms with van der Waals surface area (Å²) in [5.74, 6) is 3.35. The van der Waals surface area contributed by atoms with E-state index in [9.17, 15) is 0 Å². The molecule has 1 aliphatic carbocycles. The standard InChI is InChI=1S/C17H23NO/c1-2-12-19-17-11-7-8-15(13-17)14-18-16-9-5-3-4-6-10-16/h1,7-8,11,13,16,18H,3-6,9-10,12,14H2. The minimum absolute atomic E-state index is 0.333. The van der Waals surface area contributed by atoms with Crippen LogP contribution in [0.25, 0.3) is 0 Å². The maximum Gasteiger partial charge on any atom is 0.148 e. The largest absolute Gasteiger partial charge is 0.481 e. The third kappa shape index (κ3) is 4.96. The lowest BCUT2D eigenvalue weighted by molar-refractivity contribution is 0.369. The van der Waals surface area contributed by atoms with E-state index in [1.165, 1.54) is 44.1 Å². The number of hydrogen-bond acceptors (Lipinski definition) is 2. The molecule has 2 heteroatoms. The van der Waals surface area contributed by atoms with Gasteiger partial charge < -0.3 is 10.1 Å². The second kappa shape index (κ2) is 7.86. The van der Waals surface area contributed by atoms with Crippen molar-refractivity contribution in [1.82, 2.24) is 5.32 Å². The summed E-state index contributed by atoms with van der Waals surface area (Å²) in [4.78, 5) is 0. The van der Waals surface area contributed by atoms with Gasteiger partial charge in [-0.2, -0.15) is 0 Å². The Morgan fingerprint density at radius 3 is 2.74 bits per heavy atom. The molecule has 2 nitrogen and oxygen atoms in total. The van der Waals surface area contributed by atoms with E-state index in [1.54, 1.807) is 0 Å². The summed E-state index contributed by atoms with van der Waals surface area (Å²) in [6.07, 6.45) is 13.3. The zero-order chi connectivity index (χ0) is 13.3. The first kappa shape index (κ1) is 14.0. The van der Waals surface area contributed by atoms with E-state index >= 15 is 0 Å². The summed E-state index contributed by atoms with van der Waals surface area (Å²) >= 11 is 0. The number of rotatable bonds is 5. The Bertz CT molecular complexity index is 414. The van der Waals surface area contributed by atoms with E-state index in [1.807, 2.05) is 12.1 Å². The highest BCUT2D eigenvalue weighted by Crippen LogP contribution is 2.18. The molecule has 0 bridgehead atoms. The molecule has 0 heterocycles. The number of ether oxygens (including phenoxy) is 1. The van der Waals surface area contributed by atoms with E-state index in [2.05, 4.69) is 23.4 Å². The smallest absolute Gasteiger partial charge is 0.148 e. The maximum atomic E-state index is 5.44. The average Bonchev–Trinajstić information content (AvgIpc) is 2.72. The molecule has 0 atom stereocenters. The first-order chi connectivity index (χ1) is 9.38. The second-order valence-electron chi connectivity index (χ2n) is 5.21. The van der Waals surface area contributed by atoms with Gasteiger partial charge >= 0.3 is 0 Å². The van der Waals surface area contributed by atoms with Crippen LogP contribution in [0.1, 0.15) is 44.1 Å². The second-order valence-corrected chi connectivity index (χ2v) is 5.21. The predicted octanol–water partition coefficient (Wildman–Crippen LogP) is 3.51. The van der Waals surface area contributed by atoms with Crippen LogP contribution in [-0.2, 0) is 6.54 Å². The van der Waals surface area contributed by atoms with Crippen molar-refractivity contribution in [3.63, 3.8) is 0 Å². The van der Waals surface area contributed by atoms with Crippen molar-refractivity contribution in [3.05, 3.63) is 29.8 Å². The summed E-state index contributed by atoms with van der Waals surface area (Å²) in [5.41, 5.74) is 1.26. The lowest BCUT2D eigenvalue weighted by Gasteiger charge is -2.16. The Kier molecular flexibility index (Phi) is 5.78. The minimum Gasteiger partial charge on any atom is -0.481 e. The molecule has 2 rings (SSSR count). The molecule has 0 radical (unpaired) electrons. The highest BCUT2D eigenvalue weighted by molar-refractivity contribution is 5.28. The van der Waals surface area contributed by atoms with Crippen LogP contribution in [0.4, 0.5) is 0 Å². The van der Waals surface area contributed by atoms with E-state index in [4.69, 9.17) is 11.2 Å². The molecule has 0 saturated heterocycles. The number of hydrogen-bond donors (Lipinski definition) is 1. The summed E-state index contributed by atoms with van der Waals surface area (Å²) in [7, 11) is 0. The van der Waals surface area contributed by atoms with Gasteiger partial charge in [0.05, 0.1) is 0 Å². The molecule has 0 spiro atoms. The molecule has 19 heavy (non-hydrogen) atoms. The number of nitrogens with one attached hydrogen (secondary N) is 1. The first-order valence-electron chi connectivity index (χ1n) is 7.27. The van der Waals surface area contributed by atoms with Crippen LogP contribution in [0.3, 0.4) is 0 Å². The van der Waals surface area contributed by atoms with Gasteiger partial charge in [0.1, 0.15) is 12.4 Å². The van der Waals surface area contributed by atoms with E-state index in [-0.39, 0.29) is 0 Å². The van der Waals surface area contributed by atoms with Crippen LogP contribution in [0.2, 0.25) is 0 Å². The molecular weight excluding hydrogens is 234 g/mol. The third-order valence-corrected chi connectivity index (χ3v) is 3.67. The molecule has 1 aromatic carbocycles. The quantitative estimate of drug-likeness (QED) is 0.644. The van der Waals surface area contributed by atoms with E-state index in [0.717, 1.165) is 12.3 Å². The van der Waals surface area contributed by atoms with Crippen LogP contribution >= 0.6 is 0 Å². The molecule has 102 valence electrons. The SMILES string of the molecule is C#CCOc1cccc(CNC2CCCCCC2)c1. The topological polar surface area (TPSA) is 21.3 Å². The summed E-state index contributed by atoms with van der Waals surface area (Å²) in [6.45, 7) is 1.25. The van der Waals surface area contributed by atoms with Gasteiger partial charge in [-0.15, -0.1) is 6.42 Å². The lowest BCUT2D eigenvalue weighted by Crippen LogP contribution is -2.27. The van der Waals surface area contributed by atoms with Crippen molar-refractivity contribution in [2.75, 3.05) is 6.61 Å². The van der Waals surface area contributed by atoms with Gasteiger partial charge in [-0.05, 0) is 30.5 Å². The molecule has 1 N–H and O–H groups in total. The van der Waals surface area contributed by atoms with Crippen LogP contribution < -0.4 is 10.1 Å². The zero-order valence-electron chi connectivity index (χ0n) is 11.5. The monoisotopic (exact) mass is 257 g/mol. The Morgan fingerprint density at radius 2 is 2.00 bits per heavy atom. The third-order valence-electron chi connectivity index (χ3n) is 3.67. The van der Waals surface area contributed by atoms with Gasteiger partial charge in [0.25, 0.3) is 0 Å². The van der Waals surface area contributed by atoms with Crippen molar-refractivity contribution < 1.29 is 4.74 Å². The van der Waals surface area contributed by atoms with Gasteiger partial charge in [-0.25, -0.2) is 0 Å². The average molecular weight is 257 g/mol. The van der Waals surface area contributed by atoms with Crippen molar-refractivity contribution >= 4 is 0 Å². The zero-order valence-corrected chi connectivity index (χ0v) is 11.5. The molecule has 0 amide bonds. The minimum atomic E-state index is 0.333. The molecule has 0 aliphatic heterocycles. The Morgan fingerprint density at radius 1 is 1.21 bits per heavy atom. The maximum absolute atomic E-state index is 5.44. The molecule has 1 aliphatic rings. The highest BCUT2D eigenvalue weighted by atomic mass is 16.5. The van der Waals surface area contributed by atoms with Crippen molar-refractivity contribution in [2.24, 2.45) is 0 Å². The fourth-order valence-electron chi connectivity index (χ4n) is 2.62. The first-order valence-corrected chi connectivity index (χ1v) is 7.27. The Hall–Kier alpha value is -1.46. The van der Waals surface area contributed by atoms with Crippen LogP contribution in [0, 0.1) is 12.3 Å². The fraction of sp³-hybridized carbons (Fsp3) is 0.529. The van der Waals surface area contributed by atoms with Gasteiger partial charge in [-0.1, -0.05) is 43.7 Å². The van der Waals surface area contributed by atoms with E-state index in [0.29, 0.717) is 12.6 Å². The van der Waals surface area contributed by atoms with Crippen LogP contribution in [0.5, 0.6) is 5.75 Å². The summed E-state index contributed by atoms with van der Waals surface area (Å²) < 4.78 is 5.44. The van der Waals surface area contributed by atoms with Crippen LogP contribution in [-0.4, -0.2) is 12.6 Å². The molecular formula is C17H23NO. The molecule has 0 aromatic heterocycles. The summed E-state index contributed by atoms with van der Waals surface area (Å²) in [5, 5.41) is 3.67. The fourth-order valence-corrected chi connectivity index (χ4v) is 2.62. The van der Waals surface area contributed by atoms with Crippen LogP contribution in [0.15, 0.2) is 24.3 Å². The normalized spacial score (nSPS) is 16.6. The number of benzene rings is 1. The molecule has 0 unspecified atom stereocenters. The lowest BCUT2D eigenvalue weighted by atomic mass is 10.1. The van der Waals surface area contributed by atoms with Crippen molar-refractivity contribution in [2.45, 2.75) is 51.1 Å². The van der Waals surface area contributed by atoms with Crippen molar-refractivity contribution in [1.29, 1.82) is 0 Å².